The molecule has 0 radical (unpaired) electrons. The molecule has 1 aromatic rings. The Balaban J connectivity index is 2.05. The molecule has 1 aliphatic rings. The molecular weight excluding hydrogens is 222 g/mol. The molecule has 18 heavy (non-hydrogen) atoms. The van der Waals surface area contributed by atoms with Gasteiger partial charge in [0.05, 0.1) is 7.11 Å². The van der Waals surface area contributed by atoms with Crippen LogP contribution in [-0.4, -0.2) is 19.7 Å². The summed E-state index contributed by atoms with van der Waals surface area (Å²) >= 11 is 0. The molecule has 2 heteroatoms. The second-order valence-electron chi connectivity index (χ2n) is 5.50. The van der Waals surface area contributed by atoms with Crippen LogP contribution in [0.3, 0.4) is 0 Å². The van der Waals surface area contributed by atoms with Crippen LogP contribution in [-0.2, 0) is 6.42 Å². The lowest BCUT2D eigenvalue weighted by molar-refractivity contribution is 0.369. The molecule has 0 bridgehead atoms. The number of ether oxygens (including phenoxy) is 1. The number of hydrogen-bond acceptors (Lipinski definition) is 2. The molecule has 0 aliphatic heterocycles. The zero-order valence-electron chi connectivity index (χ0n) is 11.4. The van der Waals surface area contributed by atoms with Crippen LogP contribution in [0, 0.1) is 5.41 Å². The van der Waals surface area contributed by atoms with E-state index in [1.807, 2.05) is 12.1 Å². The second kappa shape index (κ2) is 5.57. The van der Waals surface area contributed by atoms with Gasteiger partial charge >= 0.3 is 0 Å². The molecule has 0 spiro atoms. The quantitative estimate of drug-likeness (QED) is 0.745. The van der Waals surface area contributed by atoms with Gasteiger partial charge in [0, 0.05) is 18.0 Å². The zero-order valence-corrected chi connectivity index (χ0v) is 11.4. The fourth-order valence-electron chi connectivity index (χ4n) is 2.16. The number of rotatable bonds is 7. The molecule has 1 unspecified atom stereocenters. The molecule has 1 saturated carbocycles. The normalized spacial score (nSPS) is 18.1. The van der Waals surface area contributed by atoms with E-state index in [1.165, 1.54) is 18.4 Å². The summed E-state index contributed by atoms with van der Waals surface area (Å²) in [5.74, 6) is 0.969. The zero-order chi connectivity index (χ0) is 13.0. The molecular formula is C16H23NO. The maximum atomic E-state index is 5.42. The maximum absolute atomic E-state index is 5.42. The Morgan fingerprint density at radius 2 is 2.17 bits per heavy atom. The van der Waals surface area contributed by atoms with Gasteiger partial charge in [-0.05, 0) is 30.9 Å². The molecule has 1 atom stereocenters. The minimum Gasteiger partial charge on any atom is -0.496 e. The van der Waals surface area contributed by atoms with Gasteiger partial charge in [-0.25, -0.2) is 0 Å². The summed E-state index contributed by atoms with van der Waals surface area (Å²) in [5, 5.41) is 3.59. The van der Waals surface area contributed by atoms with Gasteiger partial charge in [0.15, 0.2) is 0 Å². The summed E-state index contributed by atoms with van der Waals surface area (Å²) in [5.41, 5.74) is 1.33. The number of nitrogens with one attached hydrogen (secondary N) is 1. The van der Waals surface area contributed by atoms with Crippen molar-refractivity contribution >= 4 is 0 Å². The van der Waals surface area contributed by atoms with Crippen LogP contribution < -0.4 is 10.1 Å². The fraction of sp³-hybridized carbons (Fsp3) is 0.500. The van der Waals surface area contributed by atoms with Crippen molar-refractivity contribution in [1.29, 1.82) is 0 Å². The van der Waals surface area contributed by atoms with E-state index in [4.69, 9.17) is 4.74 Å². The number of para-hydroxylation sites is 1. The van der Waals surface area contributed by atoms with Gasteiger partial charge in [-0.2, -0.15) is 0 Å². The van der Waals surface area contributed by atoms with Crippen molar-refractivity contribution in [3.63, 3.8) is 0 Å². The van der Waals surface area contributed by atoms with Gasteiger partial charge in [-0.3, -0.25) is 0 Å². The van der Waals surface area contributed by atoms with E-state index >= 15 is 0 Å². The van der Waals surface area contributed by atoms with Gasteiger partial charge in [0.2, 0.25) is 0 Å². The Kier molecular flexibility index (Phi) is 4.07. The maximum Gasteiger partial charge on any atom is 0.122 e. The van der Waals surface area contributed by atoms with Crippen molar-refractivity contribution in [2.45, 2.75) is 32.2 Å². The standard InChI is InChI=1S/C16H23NO/c1-4-16(2,12-17-14-9-10-14)11-13-7-5-6-8-15(13)18-3/h4-8,14,17H,1,9-12H2,2-3H3. The molecule has 0 amide bonds. The van der Waals surface area contributed by atoms with Crippen LogP contribution >= 0.6 is 0 Å². The van der Waals surface area contributed by atoms with E-state index in [-0.39, 0.29) is 5.41 Å². The number of methoxy groups -OCH3 is 1. The first-order chi connectivity index (χ1) is 8.67. The Morgan fingerprint density at radius 3 is 2.78 bits per heavy atom. The summed E-state index contributed by atoms with van der Waals surface area (Å²) < 4.78 is 5.42. The molecule has 2 rings (SSSR count). The van der Waals surface area contributed by atoms with Gasteiger partial charge < -0.3 is 10.1 Å². The Labute approximate surface area is 110 Å². The molecule has 2 nitrogen and oxygen atoms in total. The lowest BCUT2D eigenvalue weighted by atomic mass is 9.83. The Bertz CT molecular complexity index is 411. The third-order valence-corrected chi connectivity index (χ3v) is 3.65. The average molecular weight is 245 g/mol. The molecule has 98 valence electrons. The lowest BCUT2D eigenvalue weighted by Gasteiger charge is -2.27. The molecule has 1 N–H and O–H groups in total. The number of benzene rings is 1. The van der Waals surface area contributed by atoms with Crippen molar-refractivity contribution in [3.8, 4) is 5.75 Å². The molecule has 1 aromatic carbocycles. The minimum absolute atomic E-state index is 0.0806. The second-order valence-corrected chi connectivity index (χ2v) is 5.50. The lowest BCUT2D eigenvalue weighted by Crippen LogP contribution is -2.33. The summed E-state index contributed by atoms with van der Waals surface area (Å²) in [4.78, 5) is 0. The molecule has 0 saturated heterocycles. The van der Waals surface area contributed by atoms with Gasteiger partial charge in [0.1, 0.15) is 5.75 Å². The first kappa shape index (κ1) is 13.2. The van der Waals surface area contributed by atoms with Crippen molar-refractivity contribution < 1.29 is 4.74 Å². The van der Waals surface area contributed by atoms with Gasteiger partial charge in [-0.1, -0.05) is 31.2 Å². The van der Waals surface area contributed by atoms with Gasteiger partial charge in [0.25, 0.3) is 0 Å². The number of hydrogen-bond donors (Lipinski definition) is 1. The average Bonchev–Trinajstić information content (AvgIpc) is 3.21. The van der Waals surface area contributed by atoms with Gasteiger partial charge in [-0.15, -0.1) is 6.58 Å². The van der Waals surface area contributed by atoms with E-state index in [2.05, 4.69) is 37.0 Å². The largest absolute Gasteiger partial charge is 0.496 e. The first-order valence-electron chi connectivity index (χ1n) is 6.66. The third kappa shape index (κ3) is 3.36. The highest BCUT2D eigenvalue weighted by atomic mass is 16.5. The van der Waals surface area contributed by atoms with E-state index in [9.17, 15) is 0 Å². The highest BCUT2D eigenvalue weighted by Gasteiger charge is 2.27. The predicted octanol–water partition coefficient (Wildman–Crippen LogP) is 3.18. The smallest absolute Gasteiger partial charge is 0.122 e. The monoisotopic (exact) mass is 245 g/mol. The van der Waals surface area contributed by atoms with Crippen LogP contribution in [0.5, 0.6) is 5.75 Å². The van der Waals surface area contributed by atoms with Crippen LogP contribution in [0.2, 0.25) is 0 Å². The molecule has 0 aromatic heterocycles. The van der Waals surface area contributed by atoms with Crippen LogP contribution in [0.4, 0.5) is 0 Å². The summed E-state index contributed by atoms with van der Waals surface area (Å²) in [6, 6.07) is 8.97. The van der Waals surface area contributed by atoms with Crippen LogP contribution in [0.1, 0.15) is 25.3 Å². The van der Waals surface area contributed by atoms with Crippen molar-refractivity contribution in [2.75, 3.05) is 13.7 Å². The van der Waals surface area contributed by atoms with E-state index in [0.717, 1.165) is 24.8 Å². The predicted molar refractivity (Wildman–Crippen MR) is 76.0 cm³/mol. The van der Waals surface area contributed by atoms with Crippen LogP contribution in [0.25, 0.3) is 0 Å². The molecule has 1 fully saturated rings. The SMILES string of the molecule is C=CC(C)(CNC1CC1)Cc1ccccc1OC. The topological polar surface area (TPSA) is 21.3 Å². The van der Waals surface area contributed by atoms with E-state index in [1.54, 1.807) is 7.11 Å². The Morgan fingerprint density at radius 1 is 1.44 bits per heavy atom. The first-order valence-corrected chi connectivity index (χ1v) is 6.66. The summed E-state index contributed by atoms with van der Waals surface area (Å²) in [7, 11) is 1.73. The summed E-state index contributed by atoms with van der Waals surface area (Å²) in [6.45, 7) is 7.24. The van der Waals surface area contributed by atoms with E-state index in [0.29, 0.717) is 0 Å². The van der Waals surface area contributed by atoms with Crippen molar-refractivity contribution in [3.05, 3.63) is 42.5 Å². The van der Waals surface area contributed by atoms with Crippen molar-refractivity contribution in [1.82, 2.24) is 5.32 Å². The third-order valence-electron chi connectivity index (χ3n) is 3.65. The molecule has 0 heterocycles. The highest BCUT2D eigenvalue weighted by molar-refractivity contribution is 5.34. The highest BCUT2D eigenvalue weighted by Crippen LogP contribution is 2.29. The minimum atomic E-state index is 0.0806. The Hall–Kier alpha value is -1.28. The molecule has 1 aliphatic carbocycles. The summed E-state index contributed by atoms with van der Waals surface area (Å²) in [6.07, 6.45) is 5.67. The fourth-order valence-corrected chi connectivity index (χ4v) is 2.16. The van der Waals surface area contributed by atoms with E-state index < -0.39 is 0 Å². The van der Waals surface area contributed by atoms with Crippen LogP contribution in [0.15, 0.2) is 36.9 Å². The van der Waals surface area contributed by atoms with Crippen molar-refractivity contribution in [2.24, 2.45) is 5.41 Å².